The van der Waals surface area contributed by atoms with Gasteiger partial charge in [-0.2, -0.15) is 0 Å². The van der Waals surface area contributed by atoms with Crippen molar-refractivity contribution < 1.29 is 9.18 Å². The van der Waals surface area contributed by atoms with Crippen molar-refractivity contribution >= 4 is 5.91 Å². The van der Waals surface area contributed by atoms with Crippen LogP contribution in [0, 0.1) is 5.82 Å². The summed E-state index contributed by atoms with van der Waals surface area (Å²) in [7, 11) is 3.61. The predicted octanol–water partition coefficient (Wildman–Crippen LogP) is 0.860. The number of hydrogen-bond donors (Lipinski definition) is 1. The van der Waals surface area contributed by atoms with Crippen LogP contribution in [0.1, 0.15) is 11.6 Å². The summed E-state index contributed by atoms with van der Waals surface area (Å²) < 4.78 is 13.9. The van der Waals surface area contributed by atoms with Crippen LogP contribution in [0.15, 0.2) is 24.3 Å². The fourth-order valence-electron chi connectivity index (χ4n) is 2.39. The summed E-state index contributed by atoms with van der Waals surface area (Å²) in [4.78, 5) is 16.1. The first kappa shape index (κ1) is 14.0. The van der Waals surface area contributed by atoms with E-state index in [0.29, 0.717) is 18.7 Å². The molecule has 1 unspecified atom stereocenters. The molecule has 1 atom stereocenters. The number of benzene rings is 1. The topological polar surface area (TPSA) is 35.6 Å². The maximum absolute atomic E-state index is 13.9. The van der Waals surface area contributed by atoms with Crippen LogP contribution in [0.25, 0.3) is 0 Å². The molecule has 1 heterocycles. The minimum Gasteiger partial charge on any atom is -0.338 e. The molecule has 1 aliphatic rings. The fourth-order valence-corrected chi connectivity index (χ4v) is 2.39. The van der Waals surface area contributed by atoms with Gasteiger partial charge in [0.1, 0.15) is 11.9 Å². The molecular weight excluding hydrogens is 245 g/mol. The molecule has 4 nitrogen and oxygen atoms in total. The van der Waals surface area contributed by atoms with Gasteiger partial charge in [-0.15, -0.1) is 0 Å². The second-order valence-corrected chi connectivity index (χ2v) is 4.96. The van der Waals surface area contributed by atoms with Crippen LogP contribution < -0.4 is 5.32 Å². The Bertz CT molecular complexity index is 444. The lowest BCUT2D eigenvalue weighted by atomic mass is 10.0. The van der Waals surface area contributed by atoms with E-state index in [4.69, 9.17) is 0 Å². The van der Waals surface area contributed by atoms with Crippen molar-refractivity contribution in [1.82, 2.24) is 15.1 Å². The van der Waals surface area contributed by atoms with Gasteiger partial charge in [-0.3, -0.25) is 9.69 Å². The summed E-state index contributed by atoms with van der Waals surface area (Å²) >= 11 is 0. The quantitative estimate of drug-likeness (QED) is 0.880. The third-order valence-electron chi connectivity index (χ3n) is 3.38. The van der Waals surface area contributed by atoms with E-state index in [0.717, 1.165) is 13.1 Å². The third-order valence-corrected chi connectivity index (χ3v) is 3.38. The molecule has 1 aromatic carbocycles. The van der Waals surface area contributed by atoms with Crippen molar-refractivity contribution in [3.63, 3.8) is 0 Å². The Morgan fingerprint density at radius 1 is 1.32 bits per heavy atom. The maximum Gasteiger partial charge on any atom is 0.244 e. The monoisotopic (exact) mass is 265 g/mol. The second kappa shape index (κ2) is 6.12. The van der Waals surface area contributed by atoms with Crippen LogP contribution in [-0.4, -0.2) is 56.0 Å². The molecule has 1 aromatic rings. The van der Waals surface area contributed by atoms with E-state index in [1.165, 1.54) is 6.07 Å². The van der Waals surface area contributed by atoms with E-state index in [1.807, 2.05) is 0 Å². The lowest BCUT2D eigenvalue weighted by Crippen LogP contribution is -2.50. The van der Waals surface area contributed by atoms with E-state index in [-0.39, 0.29) is 11.7 Å². The van der Waals surface area contributed by atoms with Crippen LogP contribution >= 0.6 is 0 Å². The average Bonchev–Trinajstić information content (AvgIpc) is 2.42. The molecule has 1 fully saturated rings. The van der Waals surface area contributed by atoms with Crippen molar-refractivity contribution in [3.05, 3.63) is 35.6 Å². The smallest absolute Gasteiger partial charge is 0.244 e. The predicted molar refractivity (Wildman–Crippen MR) is 72.3 cm³/mol. The Balaban J connectivity index is 2.25. The zero-order valence-electron chi connectivity index (χ0n) is 11.4. The van der Waals surface area contributed by atoms with E-state index in [1.54, 1.807) is 42.1 Å². The van der Waals surface area contributed by atoms with Gasteiger partial charge in [-0.1, -0.05) is 18.2 Å². The molecule has 1 aliphatic heterocycles. The number of likely N-dealkylation sites (N-methyl/N-ethyl adjacent to an activating group) is 1. The molecule has 0 aliphatic carbocycles. The minimum absolute atomic E-state index is 0.0309. The molecule has 1 saturated heterocycles. The SMILES string of the molecule is CN(C)C(C(=O)N1CCNCC1)c1ccccc1F. The minimum atomic E-state index is -0.556. The van der Waals surface area contributed by atoms with Gasteiger partial charge in [-0.05, 0) is 20.2 Å². The van der Waals surface area contributed by atoms with Crippen molar-refractivity contribution in [2.24, 2.45) is 0 Å². The van der Waals surface area contributed by atoms with Crippen molar-refractivity contribution in [1.29, 1.82) is 0 Å². The standard InChI is InChI=1S/C14H20FN3O/c1-17(2)13(11-5-3-4-6-12(11)15)14(19)18-9-7-16-8-10-18/h3-6,13,16H,7-10H2,1-2H3. The number of piperazine rings is 1. The van der Waals surface area contributed by atoms with Crippen molar-refractivity contribution in [2.45, 2.75) is 6.04 Å². The first-order chi connectivity index (χ1) is 9.11. The van der Waals surface area contributed by atoms with E-state index >= 15 is 0 Å². The Hall–Kier alpha value is -1.46. The zero-order valence-corrected chi connectivity index (χ0v) is 11.4. The molecule has 1 amide bonds. The number of nitrogens with one attached hydrogen (secondary N) is 1. The number of hydrogen-bond acceptors (Lipinski definition) is 3. The Morgan fingerprint density at radius 2 is 1.95 bits per heavy atom. The van der Waals surface area contributed by atoms with Gasteiger partial charge in [0.2, 0.25) is 5.91 Å². The van der Waals surface area contributed by atoms with Gasteiger partial charge in [0.25, 0.3) is 0 Å². The van der Waals surface area contributed by atoms with Gasteiger partial charge in [0, 0.05) is 31.7 Å². The zero-order chi connectivity index (χ0) is 13.8. The molecule has 19 heavy (non-hydrogen) atoms. The first-order valence-electron chi connectivity index (χ1n) is 6.51. The summed E-state index contributed by atoms with van der Waals surface area (Å²) in [5, 5.41) is 3.21. The summed E-state index contributed by atoms with van der Waals surface area (Å²) in [6.45, 7) is 2.95. The van der Waals surface area contributed by atoms with Crippen LogP contribution in [-0.2, 0) is 4.79 Å². The van der Waals surface area contributed by atoms with Crippen LogP contribution in [0.4, 0.5) is 4.39 Å². The van der Waals surface area contributed by atoms with Gasteiger partial charge < -0.3 is 10.2 Å². The Labute approximate surface area is 113 Å². The lowest BCUT2D eigenvalue weighted by Gasteiger charge is -2.33. The van der Waals surface area contributed by atoms with Gasteiger partial charge in [-0.25, -0.2) is 4.39 Å². The Kier molecular flexibility index (Phi) is 4.50. The maximum atomic E-state index is 13.9. The van der Waals surface area contributed by atoms with Gasteiger partial charge >= 0.3 is 0 Å². The molecule has 2 rings (SSSR count). The molecule has 0 radical (unpaired) electrons. The van der Waals surface area contributed by atoms with Crippen LogP contribution in [0.5, 0.6) is 0 Å². The van der Waals surface area contributed by atoms with Crippen LogP contribution in [0.2, 0.25) is 0 Å². The largest absolute Gasteiger partial charge is 0.338 e. The number of nitrogens with zero attached hydrogens (tertiary/aromatic N) is 2. The highest BCUT2D eigenvalue weighted by molar-refractivity contribution is 5.83. The lowest BCUT2D eigenvalue weighted by molar-refractivity contribution is -0.137. The van der Waals surface area contributed by atoms with Crippen LogP contribution in [0.3, 0.4) is 0 Å². The normalized spacial score (nSPS) is 17.6. The van der Waals surface area contributed by atoms with Gasteiger partial charge in [0.15, 0.2) is 0 Å². The molecule has 0 aromatic heterocycles. The molecule has 104 valence electrons. The summed E-state index contributed by atoms with van der Waals surface area (Å²) in [6.07, 6.45) is 0. The fraction of sp³-hybridized carbons (Fsp3) is 0.500. The average molecular weight is 265 g/mol. The number of carbonyl (C=O) groups excluding carboxylic acids is 1. The molecule has 0 saturated carbocycles. The number of amides is 1. The number of rotatable bonds is 3. The molecule has 0 spiro atoms. The second-order valence-electron chi connectivity index (χ2n) is 4.96. The third kappa shape index (κ3) is 3.11. The molecule has 1 N–H and O–H groups in total. The molecule has 5 heteroatoms. The highest BCUT2D eigenvalue weighted by atomic mass is 19.1. The number of carbonyl (C=O) groups is 1. The van der Waals surface area contributed by atoms with E-state index in [2.05, 4.69) is 5.32 Å². The highest BCUT2D eigenvalue weighted by Gasteiger charge is 2.30. The Morgan fingerprint density at radius 3 is 2.53 bits per heavy atom. The van der Waals surface area contributed by atoms with E-state index in [9.17, 15) is 9.18 Å². The van der Waals surface area contributed by atoms with Crippen molar-refractivity contribution in [2.75, 3.05) is 40.3 Å². The summed E-state index contributed by atoms with van der Waals surface area (Å²) in [5.41, 5.74) is 0.441. The summed E-state index contributed by atoms with van der Waals surface area (Å²) in [5.74, 6) is -0.360. The highest BCUT2D eigenvalue weighted by Crippen LogP contribution is 2.23. The number of halogens is 1. The molecular formula is C14H20FN3O. The summed E-state index contributed by atoms with van der Waals surface area (Å²) in [6, 6.07) is 5.93. The molecule has 0 bridgehead atoms. The van der Waals surface area contributed by atoms with E-state index < -0.39 is 6.04 Å². The first-order valence-corrected chi connectivity index (χ1v) is 6.51. The van der Waals surface area contributed by atoms with Crippen molar-refractivity contribution in [3.8, 4) is 0 Å². The van der Waals surface area contributed by atoms with Gasteiger partial charge in [0.05, 0.1) is 0 Å².